The molecule has 0 aromatic rings. The number of hydrogen-bond donors (Lipinski definition) is 0. The zero-order valence-corrected chi connectivity index (χ0v) is 8.17. The van der Waals surface area contributed by atoms with Crippen LogP contribution >= 0.6 is 0 Å². The van der Waals surface area contributed by atoms with Crippen LogP contribution in [0.25, 0.3) is 0 Å². The van der Waals surface area contributed by atoms with Gasteiger partial charge in [-0.2, -0.15) is 13.2 Å². The Morgan fingerprint density at radius 3 is 1.79 bits per heavy atom. The lowest BCUT2D eigenvalue weighted by Gasteiger charge is -2.10. The van der Waals surface area contributed by atoms with E-state index in [1.54, 1.807) is 0 Å². The van der Waals surface area contributed by atoms with Crippen molar-refractivity contribution in [2.75, 3.05) is 0 Å². The molecule has 0 unspecified atom stereocenters. The lowest BCUT2D eigenvalue weighted by molar-refractivity contribution is -0.0918. The number of aliphatic imine (C=N–C) groups is 1. The van der Waals surface area contributed by atoms with E-state index in [-0.39, 0.29) is 0 Å². The molecule has 0 N–H and O–H groups in total. The minimum absolute atomic E-state index is 0.412. The molecule has 0 aliphatic carbocycles. The Morgan fingerprint density at radius 2 is 1.57 bits per heavy atom. The van der Waals surface area contributed by atoms with Crippen LogP contribution in [0.4, 0.5) is 17.6 Å². The largest absolute Gasteiger partial charge is 0.420 e. The van der Waals surface area contributed by atoms with Gasteiger partial charge < -0.3 is 0 Å². The van der Waals surface area contributed by atoms with Gasteiger partial charge in [0, 0.05) is 5.71 Å². The topological polar surface area (TPSA) is 12.4 Å². The third-order valence-electron chi connectivity index (χ3n) is 1.31. The monoisotopic (exact) mass is 209 g/mol. The summed E-state index contributed by atoms with van der Waals surface area (Å²) in [5.74, 6) is -1.51. The molecule has 0 fully saturated rings. The predicted molar refractivity (Wildman–Crippen MR) is 47.8 cm³/mol. The van der Waals surface area contributed by atoms with Gasteiger partial charge in [0.25, 0.3) is 0 Å². The quantitative estimate of drug-likeness (QED) is 0.372. The number of nitrogens with zero attached hydrogens (tertiary/aromatic N) is 1. The van der Waals surface area contributed by atoms with Crippen LogP contribution in [-0.2, 0) is 0 Å². The number of hydrogen-bond acceptors (Lipinski definition) is 1. The summed E-state index contributed by atoms with van der Waals surface area (Å²) in [7, 11) is 0. The molecule has 0 aliphatic heterocycles. The van der Waals surface area contributed by atoms with Crippen LogP contribution in [0.2, 0.25) is 0 Å². The Hall–Kier alpha value is -1.13. The molecule has 0 aromatic heterocycles. The fourth-order valence-electron chi connectivity index (χ4n) is 0.947. The van der Waals surface area contributed by atoms with Gasteiger partial charge in [0.1, 0.15) is 11.4 Å². The first-order valence-electron chi connectivity index (χ1n) is 3.81. The molecule has 0 radical (unpaired) electrons. The van der Waals surface area contributed by atoms with Gasteiger partial charge >= 0.3 is 6.18 Å². The Balaban J connectivity index is 5.41. The first-order valence-corrected chi connectivity index (χ1v) is 3.81. The molecule has 0 saturated carbocycles. The summed E-state index contributed by atoms with van der Waals surface area (Å²) >= 11 is 0. The van der Waals surface area contributed by atoms with Crippen LogP contribution < -0.4 is 0 Å². The van der Waals surface area contributed by atoms with Crippen molar-refractivity contribution in [2.45, 2.75) is 26.9 Å². The summed E-state index contributed by atoms with van der Waals surface area (Å²) in [4.78, 5) is 3.54. The summed E-state index contributed by atoms with van der Waals surface area (Å²) in [5.41, 5.74) is -1.39. The van der Waals surface area contributed by atoms with Crippen LogP contribution in [-0.4, -0.2) is 11.9 Å². The van der Waals surface area contributed by atoms with Gasteiger partial charge in [0.2, 0.25) is 0 Å². The van der Waals surface area contributed by atoms with Gasteiger partial charge in [-0.15, -0.1) is 0 Å². The third kappa shape index (κ3) is 3.72. The standard InChI is InChI=1S/C9H11F4N/c1-5(2)14-7(4)8(6(3)10)9(11,12)13/h3H2,1-2,4H3/b8-7+. The number of rotatable bonds is 2. The van der Waals surface area contributed by atoms with Crippen molar-refractivity contribution in [3.63, 3.8) is 0 Å². The van der Waals surface area contributed by atoms with E-state index in [2.05, 4.69) is 11.6 Å². The summed E-state index contributed by atoms with van der Waals surface area (Å²) in [6.07, 6.45) is -4.76. The molecule has 14 heavy (non-hydrogen) atoms. The Morgan fingerprint density at radius 1 is 1.14 bits per heavy atom. The normalized spacial score (nSPS) is 13.4. The zero-order chi connectivity index (χ0) is 11.5. The van der Waals surface area contributed by atoms with Crippen molar-refractivity contribution in [3.05, 3.63) is 23.7 Å². The maximum atomic E-state index is 12.5. The van der Waals surface area contributed by atoms with Gasteiger partial charge in [-0.3, -0.25) is 4.99 Å². The molecular formula is C9H11F4N. The molecule has 0 rings (SSSR count). The van der Waals surface area contributed by atoms with E-state index in [0.717, 1.165) is 6.92 Å². The SMILES string of the molecule is C=C(F)/C(=C(/C)N=C(C)C)C(F)(F)F. The number of halogens is 4. The fraction of sp³-hybridized carbons (Fsp3) is 0.444. The van der Waals surface area contributed by atoms with Crippen LogP contribution in [0.3, 0.4) is 0 Å². The van der Waals surface area contributed by atoms with Crippen molar-refractivity contribution >= 4 is 5.71 Å². The second-order valence-corrected chi connectivity index (χ2v) is 2.92. The zero-order valence-electron chi connectivity index (χ0n) is 8.17. The summed E-state index contributed by atoms with van der Waals surface area (Å²) < 4.78 is 49.3. The highest BCUT2D eigenvalue weighted by Gasteiger charge is 2.37. The molecule has 0 aliphatic rings. The first-order chi connectivity index (χ1) is 6.16. The maximum absolute atomic E-state index is 12.5. The molecule has 5 heteroatoms. The fourth-order valence-corrected chi connectivity index (χ4v) is 0.947. The molecule has 80 valence electrons. The van der Waals surface area contributed by atoms with Crippen molar-refractivity contribution < 1.29 is 17.6 Å². The smallest absolute Gasteiger partial charge is 0.262 e. The van der Waals surface area contributed by atoms with E-state index < -0.39 is 23.3 Å². The molecule has 0 heterocycles. The van der Waals surface area contributed by atoms with Crippen molar-refractivity contribution in [1.29, 1.82) is 0 Å². The van der Waals surface area contributed by atoms with Crippen LogP contribution in [0.15, 0.2) is 28.7 Å². The molecule has 0 atom stereocenters. The number of alkyl halides is 3. The molecule has 1 nitrogen and oxygen atoms in total. The lowest BCUT2D eigenvalue weighted by atomic mass is 10.2. The predicted octanol–water partition coefficient (Wildman–Crippen LogP) is 3.79. The Labute approximate surface area is 79.8 Å². The summed E-state index contributed by atoms with van der Waals surface area (Å²) in [6, 6.07) is 0. The molecular weight excluding hydrogens is 198 g/mol. The van der Waals surface area contributed by atoms with E-state index in [0.29, 0.717) is 5.71 Å². The lowest BCUT2D eigenvalue weighted by Crippen LogP contribution is -2.14. The van der Waals surface area contributed by atoms with Crippen molar-refractivity contribution in [1.82, 2.24) is 0 Å². The minimum Gasteiger partial charge on any atom is -0.262 e. The van der Waals surface area contributed by atoms with E-state index >= 15 is 0 Å². The first kappa shape index (κ1) is 12.9. The molecule has 0 spiro atoms. The molecule has 0 saturated heterocycles. The van der Waals surface area contributed by atoms with Gasteiger partial charge in [-0.25, -0.2) is 4.39 Å². The highest BCUT2D eigenvalue weighted by molar-refractivity contribution is 5.80. The van der Waals surface area contributed by atoms with Crippen LogP contribution in [0.1, 0.15) is 20.8 Å². The highest BCUT2D eigenvalue weighted by Crippen LogP contribution is 2.33. The van der Waals surface area contributed by atoms with Crippen molar-refractivity contribution in [2.24, 2.45) is 4.99 Å². The van der Waals surface area contributed by atoms with Gasteiger partial charge in [0.05, 0.1) is 5.70 Å². The summed E-state index contributed by atoms with van der Waals surface area (Å²) in [5, 5.41) is 0. The van der Waals surface area contributed by atoms with Gasteiger partial charge in [-0.1, -0.05) is 6.58 Å². The third-order valence-corrected chi connectivity index (χ3v) is 1.31. The van der Waals surface area contributed by atoms with E-state index in [1.165, 1.54) is 13.8 Å². The molecule has 0 aromatic carbocycles. The van der Waals surface area contributed by atoms with Crippen molar-refractivity contribution in [3.8, 4) is 0 Å². The second-order valence-electron chi connectivity index (χ2n) is 2.92. The second kappa shape index (κ2) is 4.39. The van der Waals surface area contributed by atoms with E-state index in [9.17, 15) is 17.6 Å². The summed E-state index contributed by atoms with van der Waals surface area (Å²) in [6.45, 7) is 6.79. The van der Waals surface area contributed by atoms with Crippen LogP contribution in [0.5, 0.6) is 0 Å². The Kier molecular flexibility index (Phi) is 4.04. The minimum atomic E-state index is -4.76. The van der Waals surface area contributed by atoms with Gasteiger partial charge in [0.15, 0.2) is 0 Å². The average Bonchev–Trinajstić information content (AvgIpc) is 1.78. The number of allylic oxidation sites excluding steroid dienone is 3. The van der Waals surface area contributed by atoms with E-state index in [4.69, 9.17) is 0 Å². The molecule has 0 amide bonds. The van der Waals surface area contributed by atoms with E-state index in [1.807, 2.05) is 0 Å². The molecule has 0 bridgehead atoms. The Bertz CT molecular complexity index is 292. The van der Waals surface area contributed by atoms with Gasteiger partial charge in [-0.05, 0) is 20.8 Å². The average molecular weight is 209 g/mol. The highest BCUT2D eigenvalue weighted by atomic mass is 19.4. The van der Waals surface area contributed by atoms with Crippen LogP contribution in [0, 0.1) is 0 Å². The maximum Gasteiger partial charge on any atom is 0.420 e.